The van der Waals surface area contributed by atoms with Gasteiger partial charge in [0, 0.05) is 38.1 Å². The van der Waals surface area contributed by atoms with E-state index in [9.17, 15) is 23.1 Å². The van der Waals surface area contributed by atoms with E-state index < -0.39 is 28.2 Å². The molecule has 232 valence electrons. The highest BCUT2D eigenvalue weighted by Crippen LogP contribution is 2.35. The van der Waals surface area contributed by atoms with Gasteiger partial charge in [-0.15, -0.1) is 0 Å². The van der Waals surface area contributed by atoms with Crippen LogP contribution in [-0.4, -0.2) is 83.1 Å². The topological polar surface area (TPSA) is 146 Å². The summed E-state index contributed by atoms with van der Waals surface area (Å²) in [7, 11) is -0.818. The minimum atomic E-state index is -3.95. The van der Waals surface area contributed by atoms with Crippen LogP contribution in [0.15, 0.2) is 78.2 Å². The number of hydrogen-bond donors (Lipinski definition) is 3. The lowest BCUT2D eigenvalue weighted by molar-refractivity contribution is 0.0389. The molecule has 0 bridgehead atoms. The maximum atomic E-state index is 13.8. The highest BCUT2D eigenvalue weighted by Gasteiger charge is 2.36. The summed E-state index contributed by atoms with van der Waals surface area (Å²) >= 11 is 0. The predicted molar refractivity (Wildman–Crippen MR) is 167 cm³/mol. The van der Waals surface area contributed by atoms with Gasteiger partial charge in [-0.1, -0.05) is 49.4 Å². The Morgan fingerprint density at radius 3 is 2.52 bits per heavy atom. The smallest absolute Gasteiger partial charge is 0.323 e. The molecule has 0 unspecified atom stereocenters. The number of carbonyl (C=O) groups excluding carboxylic acids is 2. The Balaban J connectivity index is 1.48. The van der Waals surface area contributed by atoms with Crippen molar-refractivity contribution in [1.82, 2.24) is 18.8 Å². The lowest BCUT2D eigenvalue weighted by Gasteiger charge is -2.38. The van der Waals surface area contributed by atoms with Gasteiger partial charge in [-0.05, 0) is 30.5 Å². The number of nitrogens with zero attached hydrogens (tertiary/aromatic N) is 4. The van der Waals surface area contributed by atoms with Crippen molar-refractivity contribution in [2.45, 2.75) is 31.0 Å². The Morgan fingerprint density at radius 1 is 1.11 bits per heavy atom. The molecule has 5 rings (SSSR count). The monoisotopic (exact) mass is 620 g/mol. The summed E-state index contributed by atoms with van der Waals surface area (Å²) < 4.78 is 35.8. The number of carbonyl (C=O) groups is 2. The van der Waals surface area contributed by atoms with Crippen LogP contribution in [0.1, 0.15) is 24.2 Å². The summed E-state index contributed by atoms with van der Waals surface area (Å²) in [4.78, 5) is 32.6. The molecule has 0 saturated heterocycles. The van der Waals surface area contributed by atoms with E-state index in [0.717, 1.165) is 10.8 Å². The first kappa shape index (κ1) is 31.0. The van der Waals surface area contributed by atoms with E-state index >= 15 is 0 Å². The molecule has 1 aliphatic rings. The molecular weight excluding hydrogens is 584 g/mol. The van der Waals surface area contributed by atoms with Crippen molar-refractivity contribution < 1.29 is 27.9 Å². The van der Waals surface area contributed by atoms with Crippen LogP contribution in [0, 0.1) is 5.92 Å². The molecule has 0 saturated carbocycles. The molecule has 4 aromatic rings. The van der Waals surface area contributed by atoms with Crippen LogP contribution in [0.25, 0.3) is 10.8 Å². The summed E-state index contributed by atoms with van der Waals surface area (Å²) in [5.74, 6) is -0.625. The van der Waals surface area contributed by atoms with Crippen molar-refractivity contribution >= 4 is 44.1 Å². The summed E-state index contributed by atoms with van der Waals surface area (Å²) in [6.45, 7) is 3.47. The number of sulfonamides is 1. The molecule has 3 N–H and O–H groups in total. The average Bonchev–Trinajstić information content (AvgIpc) is 3.46. The number of amides is 3. The fraction of sp³-hybridized carbons (Fsp3) is 0.323. The number of benzene rings is 3. The number of nitrogens with one attached hydrogen (secondary N) is 2. The van der Waals surface area contributed by atoms with Gasteiger partial charge >= 0.3 is 6.03 Å². The summed E-state index contributed by atoms with van der Waals surface area (Å²) in [5, 5.41) is 17.4. The molecule has 3 aromatic carbocycles. The van der Waals surface area contributed by atoms with E-state index in [0.29, 0.717) is 5.69 Å². The van der Waals surface area contributed by atoms with E-state index in [-0.39, 0.29) is 53.5 Å². The number of aliphatic hydroxyl groups excluding tert-OH is 1. The van der Waals surface area contributed by atoms with Gasteiger partial charge in [-0.3, -0.25) is 4.79 Å². The van der Waals surface area contributed by atoms with E-state index in [1.54, 1.807) is 47.7 Å². The van der Waals surface area contributed by atoms with E-state index in [2.05, 4.69) is 15.6 Å². The third-order valence-electron chi connectivity index (χ3n) is 7.77. The number of fused-ring (bicyclic) bond motifs is 2. The van der Waals surface area contributed by atoms with Crippen molar-refractivity contribution in [1.29, 1.82) is 0 Å². The number of aromatic nitrogens is 2. The number of anilines is 2. The number of hydrogen-bond acceptors (Lipinski definition) is 7. The van der Waals surface area contributed by atoms with Crippen LogP contribution >= 0.6 is 0 Å². The van der Waals surface area contributed by atoms with Gasteiger partial charge < -0.3 is 29.9 Å². The molecular formula is C31H36N6O6S. The molecule has 13 heteroatoms. The van der Waals surface area contributed by atoms with Crippen molar-refractivity contribution in [2.24, 2.45) is 13.0 Å². The third-order valence-corrected chi connectivity index (χ3v) is 9.48. The highest BCUT2D eigenvalue weighted by atomic mass is 32.2. The number of likely N-dealkylation sites (N-methyl/N-ethyl adjacent to an activating group) is 1. The maximum Gasteiger partial charge on any atom is 0.323 e. The van der Waals surface area contributed by atoms with Crippen LogP contribution in [-0.2, 0) is 17.1 Å². The van der Waals surface area contributed by atoms with Gasteiger partial charge in [-0.25, -0.2) is 18.2 Å². The zero-order chi connectivity index (χ0) is 31.6. The zero-order valence-corrected chi connectivity index (χ0v) is 25.8. The van der Waals surface area contributed by atoms with Crippen LogP contribution < -0.4 is 15.4 Å². The second-order valence-corrected chi connectivity index (χ2v) is 13.1. The van der Waals surface area contributed by atoms with Gasteiger partial charge in [0.2, 0.25) is 0 Å². The van der Waals surface area contributed by atoms with E-state index in [4.69, 9.17) is 4.74 Å². The van der Waals surface area contributed by atoms with Gasteiger partial charge in [0.15, 0.2) is 10.8 Å². The van der Waals surface area contributed by atoms with Gasteiger partial charge in [-0.2, -0.15) is 4.31 Å². The van der Waals surface area contributed by atoms with Crippen molar-refractivity contribution in [3.63, 3.8) is 0 Å². The number of ether oxygens (including phenoxy) is 1. The molecule has 0 spiro atoms. The molecule has 1 aliphatic heterocycles. The predicted octanol–water partition coefficient (Wildman–Crippen LogP) is 3.76. The molecule has 2 heterocycles. The molecule has 3 atom stereocenters. The average molecular weight is 621 g/mol. The number of urea groups is 1. The normalized spacial score (nSPS) is 17.9. The van der Waals surface area contributed by atoms with Crippen LogP contribution in [0.4, 0.5) is 16.2 Å². The first-order valence-electron chi connectivity index (χ1n) is 14.2. The van der Waals surface area contributed by atoms with E-state index in [1.165, 1.54) is 23.9 Å². The van der Waals surface area contributed by atoms with Gasteiger partial charge in [0.25, 0.3) is 15.9 Å². The van der Waals surface area contributed by atoms with Gasteiger partial charge in [0.1, 0.15) is 6.10 Å². The summed E-state index contributed by atoms with van der Waals surface area (Å²) in [6.07, 6.45) is 2.10. The molecule has 1 aromatic heterocycles. The number of aliphatic hydroxyl groups is 1. The second-order valence-electron chi connectivity index (χ2n) is 11.1. The van der Waals surface area contributed by atoms with Crippen molar-refractivity contribution in [3.8, 4) is 5.75 Å². The maximum absolute atomic E-state index is 13.8. The standard InChI is InChI=1S/C31H36N6O6S/c1-20-15-37(21(2)18-38)30(39)24-12-8-14-26(34-31(40)33-25-13-7-10-22-9-5-6-11-23(22)25)29(24)43-27(20)16-36(4)44(41,42)28-17-35(3)19-32-28/h5-14,17,19-21,27,38H,15-16,18H2,1-4H3,(H2,33,34,40)/t20-,21-,27-/m1/s1. The van der Waals surface area contributed by atoms with Gasteiger partial charge in [0.05, 0.1) is 42.5 Å². The molecule has 3 amide bonds. The highest BCUT2D eigenvalue weighted by molar-refractivity contribution is 7.89. The number of imidazole rings is 1. The number of rotatable bonds is 8. The molecule has 0 aliphatic carbocycles. The lowest BCUT2D eigenvalue weighted by atomic mass is 9.99. The summed E-state index contributed by atoms with van der Waals surface area (Å²) in [5.41, 5.74) is 1.02. The Hall–Kier alpha value is -4.46. The quantitative estimate of drug-likeness (QED) is 0.272. The Bertz CT molecular complexity index is 1790. The Morgan fingerprint density at radius 2 is 1.80 bits per heavy atom. The molecule has 12 nitrogen and oxygen atoms in total. The lowest BCUT2D eigenvalue weighted by Crippen LogP contribution is -2.50. The molecule has 0 radical (unpaired) electrons. The van der Waals surface area contributed by atoms with Crippen LogP contribution in [0.5, 0.6) is 5.75 Å². The SMILES string of the molecule is C[C@@H]1CN([C@H](C)CO)C(=O)c2cccc(NC(=O)Nc3cccc4ccccc34)c2O[C@@H]1CN(C)S(=O)(=O)c1cn(C)cn1. The second kappa shape index (κ2) is 12.6. The first-order chi connectivity index (χ1) is 21.0. The molecule has 0 fully saturated rings. The fourth-order valence-corrected chi connectivity index (χ4v) is 6.35. The zero-order valence-electron chi connectivity index (χ0n) is 25.0. The Labute approximate surface area is 256 Å². The first-order valence-corrected chi connectivity index (χ1v) is 15.6. The molecule has 44 heavy (non-hydrogen) atoms. The van der Waals surface area contributed by atoms with Crippen molar-refractivity contribution in [2.75, 3.05) is 37.4 Å². The number of aryl methyl sites for hydroxylation is 1. The largest absolute Gasteiger partial charge is 0.486 e. The Kier molecular flexibility index (Phi) is 8.90. The third kappa shape index (κ3) is 6.25. The number of para-hydroxylation sites is 1. The summed E-state index contributed by atoms with van der Waals surface area (Å²) in [6, 6.07) is 17.0. The van der Waals surface area contributed by atoms with Crippen molar-refractivity contribution in [3.05, 3.63) is 78.8 Å². The minimum absolute atomic E-state index is 0.0639. The van der Waals surface area contributed by atoms with E-state index in [1.807, 2.05) is 43.3 Å². The van der Waals surface area contributed by atoms with Crippen LogP contribution in [0.2, 0.25) is 0 Å². The minimum Gasteiger partial charge on any atom is -0.486 e. The fourth-order valence-electron chi connectivity index (χ4n) is 5.20. The van der Waals surface area contributed by atoms with Crippen LogP contribution in [0.3, 0.4) is 0 Å².